The van der Waals surface area contributed by atoms with Crippen molar-refractivity contribution in [3.05, 3.63) is 47.5 Å². The molecule has 0 bridgehead atoms. The third-order valence-electron chi connectivity index (χ3n) is 2.77. The summed E-state index contributed by atoms with van der Waals surface area (Å²) in [6.07, 6.45) is 2.91. The van der Waals surface area contributed by atoms with Crippen LogP contribution in [0.4, 0.5) is 0 Å². The van der Waals surface area contributed by atoms with Gasteiger partial charge in [0, 0.05) is 20.5 Å². The van der Waals surface area contributed by atoms with Crippen LogP contribution in [0.25, 0.3) is 0 Å². The van der Waals surface area contributed by atoms with Crippen molar-refractivity contribution in [2.75, 3.05) is 20.2 Å². The Morgan fingerprint density at radius 1 is 1.25 bits per heavy atom. The van der Waals surface area contributed by atoms with E-state index < -0.39 is 0 Å². The van der Waals surface area contributed by atoms with E-state index in [9.17, 15) is 4.79 Å². The highest BCUT2D eigenvalue weighted by Gasteiger charge is 2.01. The molecule has 0 radical (unpaired) electrons. The third-order valence-corrected chi connectivity index (χ3v) is 2.77. The van der Waals surface area contributed by atoms with Gasteiger partial charge in [-0.1, -0.05) is 42.0 Å². The first kappa shape index (κ1) is 16.4. The molecule has 110 valence electrons. The summed E-state index contributed by atoms with van der Waals surface area (Å²) in [4.78, 5) is 15.7. The van der Waals surface area contributed by atoms with Gasteiger partial charge in [0.1, 0.15) is 0 Å². The molecule has 0 saturated carbocycles. The summed E-state index contributed by atoms with van der Waals surface area (Å²) in [5.41, 5.74) is 2.39. The van der Waals surface area contributed by atoms with E-state index >= 15 is 0 Å². The summed E-state index contributed by atoms with van der Waals surface area (Å²) in [7, 11) is 1.75. The second kappa shape index (κ2) is 9.28. The molecule has 4 nitrogen and oxygen atoms in total. The number of ether oxygens (including phenoxy) is 1. The van der Waals surface area contributed by atoms with E-state index in [1.807, 2.05) is 37.3 Å². The Hall–Kier alpha value is -1.65. The molecule has 1 aromatic carbocycles. The van der Waals surface area contributed by atoms with Crippen molar-refractivity contribution in [3.63, 3.8) is 0 Å². The number of rotatable bonds is 8. The smallest absolute Gasteiger partial charge is 0.322 e. The highest BCUT2D eigenvalue weighted by Crippen LogP contribution is 2.04. The standard InChI is InChI=1S/C16H23NO3/c1-14(9-11-17(3)20-15(2)18)10-12-19-13-16-7-5-4-6-8-16/h4-8,10H,9,11-13H2,1-3H3/b14-10+. The largest absolute Gasteiger partial charge is 0.373 e. The maximum atomic E-state index is 10.7. The van der Waals surface area contributed by atoms with Crippen LogP contribution in [-0.2, 0) is 21.0 Å². The number of hydrogen-bond donors (Lipinski definition) is 0. The van der Waals surface area contributed by atoms with E-state index in [-0.39, 0.29) is 5.97 Å². The summed E-state index contributed by atoms with van der Waals surface area (Å²) < 4.78 is 5.59. The number of hydroxylamine groups is 2. The Morgan fingerprint density at radius 3 is 2.60 bits per heavy atom. The molecule has 0 amide bonds. The van der Waals surface area contributed by atoms with Crippen LogP contribution < -0.4 is 0 Å². The van der Waals surface area contributed by atoms with E-state index in [1.165, 1.54) is 18.1 Å². The zero-order chi connectivity index (χ0) is 14.8. The Labute approximate surface area is 120 Å². The lowest BCUT2D eigenvalue weighted by molar-refractivity contribution is -0.180. The molecule has 0 unspecified atom stereocenters. The molecular weight excluding hydrogens is 254 g/mol. The van der Waals surface area contributed by atoms with E-state index in [2.05, 4.69) is 6.08 Å². The second-order valence-corrected chi connectivity index (χ2v) is 4.74. The first-order chi connectivity index (χ1) is 9.58. The third kappa shape index (κ3) is 7.71. The van der Waals surface area contributed by atoms with Crippen molar-refractivity contribution in [1.82, 2.24) is 5.06 Å². The number of hydrogen-bond acceptors (Lipinski definition) is 4. The molecule has 0 aliphatic rings. The first-order valence-corrected chi connectivity index (χ1v) is 6.75. The van der Waals surface area contributed by atoms with E-state index in [0.29, 0.717) is 19.8 Å². The fraction of sp³-hybridized carbons (Fsp3) is 0.438. The van der Waals surface area contributed by atoms with Gasteiger partial charge in [0.05, 0.1) is 13.2 Å². The molecule has 0 saturated heterocycles. The maximum absolute atomic E-state index is 10.7. The minimum Gasteiger partial charge on any atom is -0.373 e. The van der Waals surface area contributed by atoms with Crippen LogP contribution in [0, 0.1) is 0 Å². The Bertz CT molecular complexity index is 429. The van der Waals surface area contributed by atoms with Gasteiger partial charge in [-0.2, -0.15) is 0 Å². The fourth-order valence-electron chi connectivity index (χ4n) is 1.65. The van der Waals surface area contributed by atoms with Crippen LogP contribution in [0.5, 0.6) is 0 Å². The molecule has 1 rings (SSSR count). The van der Waals surface area contributed by atoms with Gasteiger partial charge in [0.2, 0.25) is 0 Å². The lowest BCUT2D eigenvalue weighted by Gasteiger charge is -2.14. The topological polar surface area (TPSA) is 38.8 Å². The van der Waals surface area contributed by atoms with Gasteiger partial charge in [-0.3, -0.25) is 4.79 Å². The number of nitrogens with zero attached hydrogens (tertiary/aromatic N) is 1. The molecule has 0 aliphatic heterocycles. The Morgan fingerprint density at radius 2 is 1.95 bits per heavy atom. The van der Waals surface area contributed by atoms with Gasteiger partial charge in [0.15, 0.2) is 0 Å². The van der Waals surface area contributed by atoms with Crippen molar-refractivity contribution in [2.24, 2.45) is 0 Å². The molecule has 1 aromatic rings. The summed E-state index contributed by atoms with van der Waals surface area (Å²) in [6, 6.07) is 10.1. The quantitative estimate of drug-likeness (QED) is 0.416. The minimum atomic E-state index is -0.291. The molecule has 0 atom stereocenters. The number of carbonyl (C=O) groups is 1. The van der Waals surface area contributed by atoms with Gasteiger partial charge >= 0.3 is 5.97 Å². The summed E-state index contributed by atoms with van der Waals surface area (Å²) in [5, 5.41) is 1.55. The van der Waals surface area contributed by atoms with Crippen LogP contribution in [0.2, 0.25) is 0 Å². The molecule has 0 aromatic heterocycles. The van der Waals surface area contributed by atoms with Crippen molar-refractivity contribution in [2.45, 2.75) is 26.9 Å². The van der Waals surface area contributed by atoms with Crippen LogP contribution in [0.15, 0.2) is 42.0 Å². The van der Waals surface area contributed by atoms with Crippen molar-refractivity contribution in [1.29, 1.82) is 0 Å². The van der Waals surface area contributed by atoms with E-state index in [0.717, 1.165) is 6.42 Å². The van der Waals surface area contributed by atoms with Gasteiger partial charge in [-0.15, -0.1) is 5.06 Å². The monoisotopic (exact) mass is 277 g/mol. The fourth-order valence-corrected chi connectivity index (χ4v) is 1.65. The van der Waals surface area contributed by atoms with Crippen molar-refractivity contribution >= 4 is 5.97 Å². The Balaban J connectivity index is 2.17. The van der Waals surface area contributed by atoms with Crippen LogP contribution in [-0.4, -0.2) is 31.2 Å². The van der Waals surface area contributed by atoms with Crippen molar-refractivity contribution in [3.8, 4) is 0 Å². The van der Waals surface area contributed by atoms with E-state index in [1.54, 1.807) is 12.1 Å². The lowest BCUT2D eigenvalue weighted by atomic mass is 10.2. The van der Waals surface area contributed by atoms with Gasteiger partial charge in [-0.05, 0) is 18.9 Å². The Kier molecular flexibility index (Phi) is 7.62. The van der Waals surface area contributed by atoms with E-state index in [4.69, 9.17) is 9.57 Å². The molecule has 4 heteroatoms. The van der Waals surface area contributed by atoms with Crippen molar-refractivity contribution < 1.29 is 14.4 Å². The minimum absolute atomic E-state index is 0.291. The first-order valence-electron chi connectivity index (χ1n) is 6.75. The molecule has 20 heavy (non-hydrogen) atoms. The zero-order valence-corrected chi connectivity index (χ0v) is 12.5. The number of carbonyl (C=O) groups excluding carboxylic acids is 1. The predicted molar refractivity (Wildman–Crippen MR) is 78.9 cm³/mol. The lowest BCUT2D eigenvalue weighted by Crippen LogP contribution is -2.22. The second-order valence-electron chi connectivity index (χ2n) is 4.74. The summed E-state index contributed by atoms with van der Waals surface area (Å²) in [5.74, 6) is -0.291. The summed E-state index contributed by atoms with van der Waals surface area (Å²) >= 11 is 0. The van der Waals surface area contributed by atoms with Gasteiger partial charge < -0.3 is 9.57 Å². The predicted octanol–water partition coefficient (Wildman–Crippen LogP) is 2.95. The highest BCUT2D eigenvalue weighted by atomic mass is 16.7. The summed E-state index contributed by atoms with van der Waals surface area (Å²) in [6.45, 7) is 5.35. The molecular formula is C16H23NO3. The number of benzene rings is 1. The van der Waals surface area contributed by atoms with Gasteiger partial charge in [-0.25, -0.2) is 0 Å². The molecule has 0 heterocycles. The zero-order valence-electron chi connectivity index (χ0n) is 12.5. The SMILES string of the molecule is CC(=O)ON(C)CC/C(C)=C/COCc1ccccc1. The molecule has 0 fully saturated rings. The highest BCUT2D eigenvalue weighted by molar-refractivity contribution is 5.65. The van der Waals surface area contributed by atoms with Crippen LogP contribution in [0.1, 0.15) is 25.8 Å². The molecule has 0 aliphatic carbocycles. The van der Waals surface area contributed by atoms with Crippen LogP contribution in [0.3, 0.4) is 0 Å². The average molecular weight is 277 g/mol. The molecule has 0 spiro atoms. The van der Waals surface area contributed by atoms with Crippen LogP contribution >= 0.6 is 0 Å². The normalized spacial score (nSPS) is 11.7. The molecule has 0 N–H and O–H groups in total. The average Bonchev–Trinajstić information content (AvgIpc) is 2.42. The van der Waals surface area contributed by atoms with Gasteiger partial charge in [0.25, 0.3) is 0 Å². The maximum Gasteiger partial charge on any atom is 0.322 e.